The molecule has 1 aromatic rings. The van der Waals surface area contributed by atoms with Gasteiger partial charge in [0, 0.05) is 31.4 Å². The summed E-state index contributed by atoms with van der Waals surface area (Å²) in [5.74, 6) is -1.71. The molecule has 0 spiro atoms. The summed E-state index contributed by atoms with van der Waals surface area (Å²) >= 11 is 1.25. The number of nitrogens with one attached hydrogen (secondary N) is 1. The highest BCUT2D eigenvalue weighted by atomic mass is 32.1. The van der Waals surface area contributed by atoms with E-state index in [0.29, 0.717) is 37.5 Å². The first-order chi connectivity index (χ1) is 9.97. The number of carbonyl (C=O) groups is 3. The van der Waals surface area contributed by atoms with Crippen molar-refractivity contribution in [2.45, 2.75) is 12.8 Å². The van der Waals surface area contributed by atoms with Crippen LogP contribution < -0.4 is 11.1 Å². The van der Waals surface area contributed by atoms with Crippen LogP contribution in [0.3, 0.4) is 0 Å². The first-order valence-corrected chi connectivity index (χ1v) is 7.35. The fourth-order valence-corrected chi connectivity index (χ4v) is 2.86. The van der Waals surface area contributed by atoms with Crippen LogP contribution in [-0.2, 0) is 11.2 Å². The predicted octanol–water partition coefficient (Wildman–Crippen LogP) is -0.0994. The maximum Gasteiger partial charge on any atom is 0.355 e. The van der Waals surface area contributed by atoms with E-state index < -0.39 is 5.97 Å². The summed E-state index contributed by atoms with van der Waals surface area (Å²) < 4.78 is 0. The van der Waals surface area contributed by atoms with Crippen molar-refractivity contribution >= 4 is 29.2 Å². The van der Waals surface area contributed by atoms with Crippen molar-refractivity contribution in [3.05, 3.63) is 16.1 Å². The zero-order valence-corrected chi connectivity index (χ0v) is 12.1. The van der Waals surface area contributed by atoms with Crippen molar-refractivity contribution in [3.8, 4) is 0 Å². The summed E-state index contributed by atoms with van der Waals surface area (Å²) in [4.78, 5) is 39.1. The molecule has 0 aliphatic carbocycles. The van der Waals surface area contributed by atoms with Crippen LogP contribution in [0.25, 0.3) is 0 Å². The van der Waals surface area contributed by atoms with Gasteiger partial charge in [-0.25, -0.2) is 14.6 Å². The SMILES string of the molecule is NC(=O)C1CCN(C(=O)NCCc2nc(C(=O)O)cs2)C1. The summed E-state index contributed by atoms with van der Waals surface area (Å²) in [5, 5.41) is 13.6. The number of nitrogens with two attached hydrogens (primary N) is 1. The number of hydrogen-bond donors (Lipinski definition) is 3. The van der Waals surface area contributed by atoms with Crippen LogP contribution in [0.1, 0.15) is 21.9 Å². The molecule has 1 aliphatic rings. The highest BCUT2D eigenvalue weighted by Gasteiger charge is 2.29. The molecule has 0 aromatic carbocycles. The van der Waals surface area contributed by atoms with E-state index in [1.165, 1.54) is 16.7 Å². The van der Waals surface area contributed by atoms with Gasteiger partial charge in [0.1, 0.15) is 0 Å². The molecule has 1 atom stereocenters. The summed E-state index contributed by atoms with van der Waals surface area (Å²) in [6.07, 6.45) is 1.06. The Hall–Kier alpha value is -2.16. The average Bonchev–Trinajstić information content (AvgIpc) is 3.07. The zero-order chi connectivity index (χ0) is 15.4. The Morgan fingerprint density at radius 2 is 2.29 bits per heavy atom. The number of thiazole rings is 1. The van der Waals surface area contributed by atoms with Crippen LogP contribution in [0.15, 0.2) is 5.38 Å². The lowest BCUT2D eigenvalue weighted by atomic mass is 10.1. The number of amides is 3. The van der Waals surface area contributed by atoms with E-state index in [-0.39, 0.29) is 23.6 Å². The fourth-order valence-electron chi connectivity index (χ4n) is 2.09. The molecule has 1 unspecified atom stereocenters. The maximum atomic E-state index is 11.9. The van der Waals surface area contributed by atoms with Gasteiger partial charge in [0.05, 0.1) is 10.9 Å². The molecule has 9 heteroatoms. The van der Waals surface area contributed by atoms with Gasteiger partial charge >= 0.3 is 12.0 Å². The van der Waals surface area contributed by atoms with Crippen LogP contribution in [0.5, 0.6) is 0 Å². The number of aromatic carboxylic acids is 1. The fraction of sp³-hybridized carbons (Fsp3) is 0.500. The van der Waals surface area contributed by atoms with E-state index in [1.807, 2.05) is 0 Å². The lowest BCUT2D eigenvalue weighted by Crippen LogP contribution is -2.40. The Morgan fingerprint density at radius 3 is 2.86 bits per heavy atom. The third-order valence-electron chi connectivity index (χ3n) is 3.26. The molecular weight excluding hydrogens is 296 g/mol. The number of carbonyl (C=O) groups excluding carboxylic acids is 2. The minimum Gasteiger partial charge on any atom is -0.476 e. The molecule has 1 saturated heterocycles. The Kier molecular flexibility index (Phi) is 4.73. The monoisotopic (exact) mass is 312 g/mol. The van der Waals surface area contributed by atoms with Crippen LogP contribution in [0, 0.1) is 5.92 Å². The summed E-state index contributed by atoms with van der Waals surface area (Å²) in [5.41, 5.74) is 5.23. The van der Waals surface area contributed by atoms with E-state index >= 15 is 0 Å². The van der Waals surface area contributed by atoms with Crippen molar-refractivity contribution in [3.63, 3.8) is 0 Å². The predicted molar refractivity (Wildman–Crippen MR) is 75.1 cm³/mol. The summed E-state index contributed by atoms with van der Waals surface area (Å²) in [6, 6.07) is -0.242. The van der Waals surface area contributed by atoms with Crippen LogP contribution in [0.4, 0.5) is 4.79 Å². The molecule has 114 valence electrons. The van der Waals surface area contributed by atoms with Gasteiger partial charge in [-0.15, -0.1) is 11.3 Å². The first-order valence-electron chi connectivity index (χ1n) is 6.47. The number of carboxylic acids is 1. The third kappa shape index (κ3) is 3.91. The highest BCUT2D eigenvalue weighted by molar-refractivity contribution is 7.09. The average molecular weight is 312 g/mol. The van der Waals surface area contributed by atoms with Gasteiger partial charge in [0.25, 0.3) is 0 Å². The van der Waals surface area contributed by atoms with E-state index in [4.69, 9.17) is 10.8 Å². The van der Waals surface area contributed by atoms with Crippen molar-refractivity contribution < 1.29 is 19.5 Å². The second-order valence-corrected chi connectivity index (χ2v) is 5.69. The Morgan fingerprint density at radius 1 is 1.52 bits per heavy atom. The number of nitrogens with zero attached hydrogens (tertiary/aromatic N) is 2. The molecule has 3 amide bonds. The van der Waals surface area contributed by atoms with Gasteiger partial charge in [0.2, 0.25) is 5.91 Å². The largest absolute Gasteiger partial charge is 0.476 e. The lowest BCUT2D eigenvalue weighted by molar-refractivity contribution is -0.121. The molecule has 8 nitrogen and oxygen atoms in total. The molecule has 1 fully saturated rings. The molecule has 0 radical (unpaired) electrons. The smallest absolute Gasteiger partial charge is 0.355 e. The van der Waals surface area contributed by atoms with Crippen LogP contribution >= 0.6 is 11.3 Å². The molecule has 2 heterocycles. The van der Waals surface area contributed by atoms with Gasteiger partial charge in [0.15, 0.2) is 5.69 Å². The van der Waals surface area contributed by atoms with Gasteiger partial charge in [-0.05, 0) is 6.42 Å². The Balaban J connectivity index is 1.74. The van der Waals surface area contributed by atoms with E-state index in [0.717, 1.165) is 0 Å². The standard InChI is InChI=1S/C12H16N4O4S/c13-10(17)7-2-4-16(5-7)12(20)14-3-1-9-15-8(6-21-9)11(18)19/h6-7H,1-5H2,(H2,13,17)(H,14,20)(H,18,19). The van der Waals surface area contributed by atoms with Gasteiger partial charge in [-0.2, -0.15) is 0 Å². The van der Waals surface area contributed by atoms with Crippen molar-refractivity contribution in [2.75, 3.05) is 19.6 Å². The first kappa shape index (κ1) is 15.2. The normalized spacial score (nSPS) is 17.7. The second-order valence-electron chi connectivity index (χ2n) is 4.75. The van der Waals surface area contributed by atoms with Crippen molar-refractivity contribution in [1.29, 1.82) is 0 Å². The molecule has 4 N–H and O–H groups in total. The van der Waals surface area contributed by atoms with Crippen molar-refractivity contribution in [2.24, 2.45) is 11.7 Å². The number of carboxylic acid groups (broad SMARTS) is 1. The molecule has 0 saturated carbocycles. The third-order valence-corrected chi connectivity index (χ3v) is 4.17. The van der Waals surface area contributed by atoms with Crippen LogP contribution in [0.2, 0.25) is 0 Å². The van der Waals surface area contributed by atoms with Gasteiger partial charge in [-0.1, -0.05) is 0 Å². The van der Waals surface area contributed by atoms with Gasteiger partial charge < -0.3 is 21.1 Å². The molecule has 1 aromatic heterocycles. The van der Waals surface area contributed by atoms with E-state index in [2.05, 4.69) is 10.3 Å². The second kappa shape index (κ2) is 6.53. The Labute approximate surface area is 124 Å². The number of urea groups is 1. The minimum atomic E-state index is -1.06. The van der Waals surface area contributed by atoms with Crippen LogP contribution in [-0.4, -0.2) is 52.5 Å². The molecule has 21 heavy (non-hydrogen) atoms. The number of primary amides is 1. The maximum absolute atomic E-state index is 11.9. The number of rotatable bonds is 5. The van der Waals surface area contributed by atoms with Crippen molar-refractivity contribution in [1.82, 2.24) is 15.2 Å². The molecule has 1 aliphatic heterocycles. The number of likely N-dealkylation sites (tertiary alicyclic amines) is 1. The van der Waals surface area contributed by atoms with E-state index in [1.54, 1.807) is 4.90 Å². The quantitative estimate of drug-likeness (QED) is 0.700. The topological polar surface area (TPSA) is 126 Å². The zero-order valence-electron chi connectivity index (χ0n) is 11.2. The molecule has 0 bridgehead atoms. The summed E-state index contributed by atoms with van der Waals surface area (Å²) in [7, 11) is 0. The molecular formula is C12H16N4O4S. The van der Waals surface area contributed by atoms with Gasteiger partial charge in [-0.3, -0.25) is 4.79 Å². The summed E-state index contributed by atoms with van der Waals surface area (Å²) in [6.45, 7) is 1.23. The Bertz CT molecular complexity index is 559. The number of hydrogen-bond acceptors (Lipinski definition) is 5. The number of aromatic nitrogens is 1. The minimum absolute atomic E-state index is 0.0187. The molecule has 2 rings (SSSR count). The lowest BCUT2D eigenvalue weighted by Gasteiger charge is -2.16. The highest BCUT2D eigenvalue weighted by Crippen LogP contribution is 2.15. The van der Waals surface area contributed by atoms with E-state index in [9.17, 15) is 14.4 Å².